The monoisotopic (exact) mass is 224 g/mol. The van der Waals surface area contributed by atoms with E-state index in [0.717, 1.165) is 31.6 Å². The van der Waals surface area contributed by atoms with Crippen LogP contribution in [0.25, 0.3) is 0 Å². The van der Waals surface area contributed by atoms with Crippen molar-refractivity contribution in [2.45, 2.75) is 46.1 Å². The molecule has 16 heavy (non-hydrogen) atoms. The van der Waals surface area contributed by atoms with E-state index in [4.69, 9.17) is 4.74 Å². The Morgan fingerprint density at radius 3 is 2.94 bits per heavy atom. The van der Waals surface area contributed by atoms with Gasteiger partial charge in [-0.25, -0.2) is 4.98 Å². The minimum atomic E-state index is -0.0794. The summed E-state index contributed by atoms with van der Waals surface area (Å²) in [6.45, 7) is 5.44. The zero-order valence-electron chi connectivity index (χ0n) is 10.1. The smallest absolute Gasteiger partial charge is 0.305 e. The molecule has 1 aromatic rings. The highest BCUT2D eigenvalue weighted by Gasteiger charge is 2.02. The molecule has 0 unspecified atom stereocenters. The molecule has 0 amide bonds. The average Bonchev–Trinajstić information content (AvgIpc) is 2.67. The minimum absolute atomic E-state index is 0.0794. The van der Waals surface area contributed by atoms with Gasteiger partial charge in [-0.1, -0.05) is 6.92 Å². The van der Waals surface area contributed by atoms with Gasteiger partial charge in [0.2, 0.25) is 0 Å². The normalized spacial score (nSPS) is 10.4. The summed E-state index contributed by atoms with van der Waals surface area (Å²) in [4.78, 5) is 15.3. The molecule has 0 saturated carbocycles. The van der Waals surface area contributed by atoms with Crippen molar-refractivity contribution >= 4 is 5.97 Å². The van der Waals surface area contributed by atoms with Gasteiger partial charge in [0.1, 0.15) is 5.82 Å². The highest BCUT2D eigenvalue weighted by Crippen LogP contribution is 2.03. The first-order chi connectivity index (χ1) is 7.74. The van der Waals surface area contributed by atoms with Gasteiger partial charge >= 0.3 is 5.97 Å². The summed E-state index contributed by atoms with van der Waals surface area (Å²) >= 11 is 0. The highest BCUT2D eigenvalue weighted by molar-refractivity contribution is 5.69. The Balaban J connectivity index is 2.08. The first-order valence-corrected chi connectivity index (χ1v) is 5.87. The molecule has 0 fully saturated rings. The molecule has 0 aliphatic carbocycles. The van der Waals surface area contributed by atoms with Gasteiger partial charge in [0, 0.05) is 25.4 Å². The van der Waals surface area contributed by atoms with Gasteiger partial charge in [-0.2, -0.15) is 0 Å². The van der Waals surface area contributed by atoms with Gasteiger partial charge in [-0.05, 0) is 26.2 Å². The number of unbranched alkanes of at least 4 members (excludes halogenated alkanes) is 1. The van der Waals surface area contributed by atoms with Crippen LogP contribution in [0.1, 0.15) is 38.4 Å². The largest absolute Gasteiger partial charge is 0.466 e. The third-order valence-electron chi connectivity index (χ3n) is 2.42. The Morgan fingerprint density at radius 1 is 1.50 bits per heavy atom. The predicted octanol–water partition coefficient (Wildman–Crippen LogP) is 2.32. The molecule has 0 spiro atoms. The Morgan fingerprint density at radius 2 is 2.31 bits per heavy atom. The van der Waals surface area contributed by atoms with Crippen molar-refractivity contribution in [2.24, 2.45) is 0 Å². The number of rotatable bonds is 7. The third kappa shape index (κ3) is 4.47. The zero-order valence-corrected chi connectivity index (χ0v) is 10.1. The molecule has 1 rings (SSSR count). The Hall–Kier alpha value is -1.32. The van der Waals surface area contributed by atoms with Crippen molar-refractivity contribution in [2.75, 3.05) is 6.61 Å². The average molecular weight is 224 g/mol. The second kappa shape index (κ2) is 7.04. The van der Waals surface area contributed by atoms with Crippen molar-refractivity contribution in [3.05, 3.63) is 18.2 Å². The van der Waals surface area contributed by atoms with Crippen LogP contribution in [0.3, 0.4) is 0 Å². The van der Waals surface area contributed by atoms with Crippen molar-refractivity contribution in [1.29, 1.82) is 0 Å². The SMILES string of the molecule is CCCOC(=O)CCCCn1ccnc1C. The standard InChI is InChI=1S/C12H20N2O2/c1-3-10-16-12(15)6-4-5-8-14-9-7-13-11(14)2/h7,9H,3-6,8,10H2,1-2H3. The van der Waals surface area contributed by atoms with Crippen LogP contribution in [0, 0.1) is 6.92 Å². The van der Waals surface area contributed by atoms with E-state index < -0.39 is 0 Å². The lowest BCUT2D eigenvalue weighted by Gasteiger charge is -2.05. The summed E-state index contributed by atoms with van der Waals surface area (Å²) in [5.41, 5.74) is 0. The topological polar surface area (TPSA) is 44.1 Å². The number of aryl methyl sites for hydroxylation is 2. The maximum absolute atomic E-state index is 11.2. The summed E-state index contributed by atoms with van der Waals surface area (Å²) in [6.07, 6.45) is 7.03. The molecule has 1 heterocycles. The summed E-state index contributed by atoms with van der Waals surface area (Å²) < 4.78 is 7.09. The number of hydrogen-bond donors (Lipinski definition) is 0. The number of hydrogen-bond acceptors (Lipinski definition) is 3. The second-order valence-electron chi connectivity index (χ2n) is 3.85. The molecule has 4 nitrogen and oxygen atoms in total. The maximum atomic E-state index is 11.2. The number of esters is 1. The molecular weight excluding hydrogens is 204 g/mol. The van der Waals surface area contributed by atoms with Crippen LogP contribution in [0.15, 0.2) is 12.4 Å². The fraction of sp³-hybridized carbons (Fsp3) is 0.667. The summed E-state index contributed by atoms with van der Waals surface area (Å²) in [5, 5.41) is 0. The first-order valence-electron chi connectivity index (χ1n) is 5.87. The molecule has 4 heteroatoms. The van der Waals surface area contributed by atoms with Gasteiger partial charge in [0.25, 0.3) is 0 Å². The molecular formula is C12H20N2O2. The van der Waals surface area contributed by atoms with Crippen LogP contribution in [0.2, 0.25) is 0 Å². The fourth-order valence-electron chi connectivity index (χ4n) is 1.48. The van der Waals surface area contributed by atoms with E-state index in [9.17, 15) is 4.79 Å². The van der Waals surface area contributed by atoms with Crippen LogP contribution in [-0.2, 0) is 16.1 Å². The quantitative estimate of drug-likeness (QED) is 0.527. The molecule has 0 aliphatic heterocycles. The number of nitrogens with zero attached hydrogens (tertiary/aromatic N) is 2. The summed E-state index contributed by atoms with van der Waals surface area (Å²) in [6, 6.07) is 0. The number of carbonyl (C=O) groups excluding carboxylic acids is 1. The molecule has 0 saturated heterocycles. The first kappa shape index (κ1) is 12.7. The number of ether oxygens (including phenoxy) is 1. The maximum Gasteiger partial charge on any atom is 0.305 e. The zero-order chi connectivity index (χ0) is 11.8. The lowest BCUT2D eigenvalue weighted by atomic mass is 10.2. The van der Waals surface area contributed by atoms with Crippen molar-refractivity contribution < 1.29 is 9.53 Å². The van der Waals surface area contributed by atoms with E-state index in [1.54, 1.807) is 6.20 Å². The highest BCUT2D eigenvalue weighted by atomic mass is 16.5. The Bertz CT molecular complexity index is 321. The van der Waals surface area contributed by atoms with Crippen LogP contribution in [-0.4, -0.2) is 22.1 Å². The van der Waals surface area contributed by atoms with Gasteiger partial charge in [0.05, 0.1) is 6.61 Å². The van der Waals surface area contributed by atoms with E-state index in [-0.39, 0.29) is 5.97 Å². The summed E-state index contributed by atoms with van der Waals surface area (Å²) in [7, 11) is 0. The predicted molar refractivity (Wildman–Crippen MR) is 62.1 cm³/mol. The van der Waals surface area contributed by atoms with Crippen molar-refractivity contribution in [3.63, 3.8) is 0 Å². The lowest BCUT2D eigenvalue weighted by molar-refractivity contribution is -0.143. The van der Waals surface area contributed by atoms with Crippen LogP contribution in [0.4, 0.5) is 0 Å². The molecule has 0 radical (unpaired) electrons. The second-order valence-corrected chi connectivity index (χ2v) is 3.85. The molecule has 0 atom stereocenters. The van der Waals surface area contributed by atoms with E-state index in [0.29, 0.717) is 13.0 Å². The fourth-order valence-corrected chi connectivity index (χ4v) is 1.48. The molecule has 0 aromatic carbocycles. The van der Waals surface area contributed by atoms with E-state index in [1.165, 1.54) is 0 Å². The van der Waals surface area contributed by atoms with Gasteiger partial charge in [-0.3, -0.25) is 4.79 Å². The Kier molecular flexibility index (Phi) is 5.61. The van der Waals surface area contributed by atoms with E-state index in [2.05, 4.69) is 9.55 Å². The molecule has 90 valence electrons. The van der Waals surface area contributed by atoms with Crippen molar-refractivity contribution in [3.8, 4) is 0 Å². The van der Waals surface area contributed by atoms with Crippen LogP contribution >= 0.6 is 0 Å². The minimum Gasteiger partial charge on any atom is -0.466 e. The number of carbonyl (C=O) groups is 1. The van der Waals surface area contributed by atoms with E-state index in [1.807, 2.05) is 20.0 Å². The summed E-state index contributed by atoms with van der Waals surface area (Å²) in [5.74, 6) is 0.942. The van der Waals surface area contributed by atoms with E-state index >= 15 is 0 Å². The van der Waals surface area contributed by atoms with Gasteiger partial charge < -0.3 is 9.30 Å². The Labute approximate surface area is 96.6 Å². The van der Waals surface area contributed by atoms with Gasteiger partial charge in [0.15, 0.2) is 0 Å². The molecule has 1 aromatic heterocycles. The molecule has 0 aliphatic rings. The molecule has 0 bridgehead atoms. The van der Waals surface area contributed by atoms with Gasteiger partial charge in [-0.15, -0.1) is 0 Å². The molecule has 0 N–H and O–H groups in total. The number of imidazole rings is 1. The van der Waals surface area contributed by atoms with Crippen molar-refractivity contribution in [1.82, 2.24) is 9.55 Å². The number of aromatic nitrogens is 2. The van der Waals surface area contributed by atoms with Crippen LogP contribution in [0.5, 0.6) is 0 Å². The van der Waals surface area contributed by atoms with Crippen LogP contribution < -0.4 is 0 Å². The third-order valence-corrected chi connectivity index (χ3v) is 2.42. The lowest BCUT2D eigenvalue weighted by Crippen LogP contribution is -2.06.